The lowest BCUT2D eigenvalue weighted by Gasteiger charge is -2.14. The number of rotatable bonds is 11. The van der Waals surface area contributed by atoms with E-state index in [1.165, 1.54) is 5.56 Å². The van der Waals surface area contributed by atoms with Crippen LogP contribution in [-0.2, 0) is 11.2 Å². The molecule has 0 amide bonds. The molecule has 21 heavy (non-hydrogen) atoms. The lowest BCUT2D eigenvalue weighted by Crippen LogP contribution is -2.12. The minimum Gasteiger partial charge on any atom is -0.379 e. The summed E-state index contributed by atoms with van der Waals surface area (Å²) in [5.41, 5.74) is 1.19. The fraction of sp³-hybridized carbons (Fsp3) is 0.750. The first-order chi connectivity index (χ1) is 10.2. The maximum atomic E-state index is 5.54. The van der Waals surface area contributed by atoms with E-state index in [-0.39, 0.29) is 0 Å². The molecule has 0 aromatic carbocycles. The Morgan fingerprint density at radius 2 is 1.81 bits per heavy atom. The highest BCUT2D eigenvalue weighted by Crippen LogP contribution is 2.21. The van der Waals surface area contributed by atoms with Crippen LogP contribution in [0, 0.1) is 0 Å². The summed E-state index contributed by atoms with van der Waals surface area (Å²) >= 11 is 0. The van der Waals surface area contributed by atoms with E-state index in [4.69, 9.17) is 4.74 Å². The average molecular weight is 294 g/mol. The lowest BCUT2D eigenvalue weighted by atomic mass is 10.1. The maximum absolute atomic E-state index is 5.54. The van der Waals surface area contributed by atoms with E-state index in [2.05, 4.69) is 48.3 Å². The van der Waals surface area contributed by atoms with E-state index >= 15 is 0 Å². The number of nitrogens with one attached hydrogen (secondary N) is 2. The van der Waals surface area contributed by atoms with Crippen molar-refractivity contribution >= 4 is 11.6 Å². The minimum absolute atomic E-state index is 0.318. The summed E-state index contributed by atoms with van der Waals surface area (Å²) in [6, 6.07) is 0. The molecule has 0 spiro atoms. The van der Waals surface area contributed by atoms with Gasteiger partial charge >= 0.3 is 0 Å². The van der Waals surface area contributed by atoms with Gasteiger partial charge in [0.25, 0.3) is 0 Å². The highest BCUT2D eigenvalue weighted by Gasteiger charge is 2.09. The molecule has 0 fully saturated rings. The second kappa shape index (κ2) is 10.4. The zero-order chi connectivity index (χ0) is 15.5. The van der Waals surface area contributed by atoms with Crippen LogP contribution in [0.1, 0.15) is 52.5 Å². The van der Waals surface area contributed by atoms with Crippen molar-refractivity contribution in [2.24, 2.45) is 0 Å². The van der Waals surface area contributed by atoms with Crippen molar-refractivity contribution in [2.75, 3.05) is 30.3 Å². The van der Waals surface area contributed by atoms with E-state index in [1.807, 2.05) is 0 Å². The van der Waals surface area contributed by atoms with Crippen LogP contribution in [0.3, 0.4) is 0 Å². The summed E-state index contributed by atoms with van der Waals surface area (Å²) in [6.45, 7) is 11.0. The van der Waals surface area contributed by atoms with E-state index < -0.39 is 0 Å². The van der Waals surface area contributed by atoms with Gasteiger partial charge in [-0.15, -0.1) is 0 Å². The number of hydrogen-bond acceptors (Lipinski definition) is 5. The monoisotopic (exact) mass is 294 g/mol. The zero-order valence-corrected chi connectivity index (χ0v) is 13.9. The van der Waals surface area contributed by atoms with Gasteiger partial charge in [0, 0.05) is 25.3 Å². The Hall–Kier alpha value is -1.36. The van der Waals surface area contributed by atoms with Gasteiger partial charge in [0.05, 0.1) is 6.10 Å². The van der Waals surface area contributed by atoms with E-state index in [1.54, 1.807) is 6.33 Å². The van der Waals surface area contributed by atoms with Crippen LogP contribution in [0.2, 0.25) is 0 Å². The van der Waals surface area contributed by atoms with Crippen molar-refractivity contribution < 1.29 is 4.74 Å². The van der Waals surface area contributed by atoms with E-state index in [0.29, 0.717) is 6.10 Å². The van der Waals surface area contributed by atoms with Gasteiger partial charge in [-0.1, -0.05) is 13.3 Å². The molecule has 0 aliphatic rings. The third-order valence-corrected chi connectivity index (χ3v) is 3.10. The summed E-state index contributed by atoms with van der Waals surface area (Å²) in [5.74, 6) is 1.92. The molecule has 0 radical (unpaired) electrons. The molecule has 1 aromatic heterocycles. The fourth-order valence-corrected chi connectivity index (χ4v) is 2.12. The predicted molar refractivity (Wildman–Crippen MR) is 89.0 cm³/mol. The topological polar surface area (TPSA) is 59.1 Å². The van der Waals surface area contributed by atoms with Gasteiger partial charge in [0.2, 0.25) is 0 Å². The van der Waals surface area contributed by atoms with Crippen LogP contribution < -0.4 is 10.6 Å². The number of ether oxygens (including phenoxy) is 1. The molecule has 0 saturated carbocycles. The number of hydrogen-bond donors (Lipinski definition) is 2. The Kier molecular flexibility index (Phi) is 8.74. The summed E-state index contributed by atoms with van der Waals surface area (Å²) in [6.07, 6.45) is 6.17. The maximum Gasteiger partial charge on any atom is 0.134 e. The van der Waals surface area contributed by atoms with Crippen molar-refractivity contribution in [1.82, 2.24) is 9.97 Å². The van der Waals surface area contributed by atoms with Gasteiger partial charge in [-0.05, 0) is 40.0 Å². The second-order valence-corrected chi connectivity index (χ2v) is 5.38. The van der Waals surface area contributed by atoms with Gasteiger partial charge in [0.15, 0.2) is 0 Å². The van der Waals surface area contributed by atoms with E-state index in [0.717, 1.165) is 57.0 Å². The molecule has 0 atom stereocenters. The Morgan fingerprint density at radius 1 is 1.10 bits per heavy atom. The van der Waals surface area contributed by atoms with Crippen LogP contribution in [0.4, 0.5) is 11.6 Å². The molecule has 1 aromatic rings. The first-order valence-corrected chi connectivity index (χ1v) is 8.12. The number of aromatic nitrogens is 2. The van der Waals surface area contributed by atoms with Crippen molar-refractivity contribution in [1.29, 1.82) is 0 Å². The van der Waals surface area contributed by atoms with Gasteiger partial charge in [-0.2, -0.15) is 0 Å². The van der Waals surface area contributed by atoms with E-state index in [9.17, 15) is 0 Å². The van der Waals surface area contributed by atoms with Gasteiger partial charge < -0.3 is 15.4 Å². The third-order valence-electron chi connectivity index (χ3n) is 3.10. The Morgan fingerprint density at radius 3 is 2.43 bits per heavy atom. The summed E-state index contributed by atoms with van der Waals surface area (Å²) in [4.78, 5) is 8.74. The molecular weight excluding hydrogens is 264 g/mol. The van der Waals surface area contributed by atoms with Gasteiger partial charge in [-0.25, -0.2) is 9.97 Å². The van der Waals surface area contributed by atoms with Crippen molar-refractivity contribution in [3.05, 3.63) is 11.9 Å². The highest BCUT2D eigenvalue weighted by molar-refractivity contribution is 5.57. The molecule has 2 N–H and O–H groups in total. The molecular formula is C16H30N4O. The Balaban J connectivity index is 2.47. The number of nitrogens with zero attached hydrogens (tertiary/aromatic N) is 2. The zero-order valence-electron chi connectivity index (χ0n) is 13.9. The first kappa shape index (κ1) is 17.7. The summed E-state index contributed by atoms with van der Waals surface area (Å²) in [5, 5.41) is 6.75. The molecule has 0 saturated heterocycles. The normalized spacial score (nSPS) is 10.9. The molecule has 1 rings (SSSR count). The number of anilines is 2. The Labute approximate surface area is 128 Å². The van der Waals surface area contributed by atoms with Gasteiger partial charge in [0.1, 0.15) is 18.0 Å². The first-order valence-electron chi connectivity index (χ1n) is 8.12. The van der Waals surface area contributed by atoms with Crippen LogP contribution in [-0.4, -0.2) is 35.8 Å². The largest absolute Gasteiger partial charge is 0.379 e. The standard InChI is InChI=1S/C16H30N4O/c1-5-9-14-15(17-6-2)19-12-20-16(14)18-10-7-8-11-21-13(3)4/h12-13H,5-11H2,1-4H3,(H2,17,18,19,20). The average Bonchev–Trinajstić information content (AvgIpc) is 2.45. The SMILES string of the molecule is CCCc1c(NCC)ncnc1NCCCCOC(C)C. The molecule has 0 aliphatic carbocycles. The molecule has 0 bridgehead atoms. The number of unbranched alkanes of at least 4 members (excludes halogenated alkanes) is 1. The predicted octanol–water partition coefficient (Wildman–Crippen LogP) is 3.48. The minimum atomic E-state index is 0.318. The van der Waals surface area contributed by atoms with Crippen LogP contribution >= 0.6 is 0 Å². The quantitative estimate of drug-likeness (QED) is 0.612. The van der Waals surface area contributed by atoms with Crippen LogP contribution in [0.5, 0.6) is 0 Å². The molecule has 5 heteroatoms. The van der Waals surface area contributed by atoms with Crippen molar-refractivity contribution in [2.45, 2.75) is 59.5 Å². The van der Waals surface area contributed by atoms with Crippen LogP contribution in [0.15, 0.2) is 6.33 Å². The van der Waals surface area contributed by atoms with Crippen molar-refractivity contribution in [3.8, 4) is 0 Å². The van der Waals surface area contributed by atoms with Crippen molar-refractivity contribution in [3.63, 3.8) is 0 Å². The fourth-order valence-electron chi connectivity index (χ4n) is 2.12. The summed E-state index contributed by atoms with van der Waals surface area (Å²) < 4.78 is 5.54. The van der Waals surface area contributed by atoms with Crippen LogP contribution in [0.25, 0.3) is 0 Å². The smallest absolute Gasteiger partial charge is 0.134 e. The van der Waals surface area contributed by atoms with Gasteiger partial charge in [-0.3, -0.25) is 0 Å². The Bertz CT molecular complexity index is 396. The molecule has 120 valence electrons. The third kappa shape index (κ3) is 6.76. The molecule has 1 heterocycles. The molecule has 5 nitrogen and oxygen atoms in total. The molecule has 0 aliphatic heterocycles. The molecule has 0 unspecified atom stereocenters. The summed E-state index contributed by atoms with van der Waals surface area (Å²) in [7, 11) is 0. The second-order valence-electron chi connectivity index (χ2n) is 5.38. The highest BCUT2D eigenvalue weighted by atomic mass is 16.5. The lowest BCUT2D eigenvalue weighted by molar-refractivity contribution is 0.0765.